The van der Waals surface area contributed by atoms with Crippen LogP contribution in [0, 0.1) is 0 Å². The van der Waals surface area contributed by atoms with E-state index in [1.165, 1.54) is 82.0 Å². The van der Waals surface area contributed by atoms with E-state index in [0.29, 0.717) is 0 Å². The lowest BCUT2D eigenvalue weighted by Gasteiger charge is -2.27. The molecule has 0 unspecified atom stereocenters. The molecule has 1 heterocycles. The first-order chi connectivity index (χ1) is 33.8. The number of nitrogens with zero attached hydrogens (tertiary/aromatic N) is 2. The molecule has 0 amide bonds. The summed E-state index contributed by atoms with van der Waals surface area (Å²) in [5, 5.41) is 9.88. The summed E-state index contributed by atoms with van der Waals surface area (Å²) in [5.41, 5.74) is 16.4. The Morgan fingerprint density at radius 1 is 0.279 bits per heavy atom. The lowest BCUT2D eigenvalue weighted by atomic mass is 9.84. The lowest BCUT2D eigenvalue weighted by molar-refractivity contribution is 1.18. The molecular weight excluding hydrogens is 821 g/mol. The molecule has 318 valence electrons. The van der Waals surface area contributed by atoms with Crippen molar-refractivity contribution in [3.05, 3.63) is 267 Å². The molecule has 0 fully saturated rings. The third kappa shape index (κ3) is 6.57. The van der Waals surface area contributed by atoms with Crippen molar-refractivity contribution in [3.8, 4) is 50.2 Å². The van der Waals surface area contributed by atoms with Gasteiger partial charge in [-0.2, -0.15) is 0 Å². The Kier molecular flexibility index (Phi) is 9.54. The molecule has 0 aliphatic rings. The van der Waals surface area contributed by atoms with Crippen LogP contribution in [0.4, 0.5) is 17.1 Å². The minimum Gasteiger partial charge on any atom is -0.310 e. The number of hydrogen-bond donors (Lipinski definition) is 0. The van der Waals surface area contributed by atoms with Crippen molar-refractivity contribution in [1.82, 2.24) is 4.57 Å². The maximum absolute atomic E-state index is 2.46. The highest BCUT2D eigenvalue weighted by atomic mass is 15.1. The molecule has 0 saturated heterocycles. The normalized spacial score (nSPS) is 11.5. The van der Waals surface area contributed by atoms with Gasteiger partial charge in [-0.15, -0.1) is 0 Å². The Balaban J connectivity index is 1.03. The molecule has 0 aliphatic heterocycles. The molecule has 0 radical (unpaired) electrons. The van der Waals surface area contributed by atoms with Gasteiger partial charge in [-0.25, -0.2) is 0 Å². The van der Waals surface area contributed by atoms with E-state index < -0.39 is 0 Å². The Morgan fingerprint density at radius 3 is 1.57 bits per heavy atom. The molecule has 13 aromatic rings. The fraction of sp³-hybridized carbons (Fsp3) is 0. The van der Waals surface area contributed by atoms with Crippen LogP contribution in [0.15, 0.2) is 267 Å². The maximum Gasteiger partial charge on any atom is 0.0562 e. The average Bonchev–Trinajstić information content (AvgIpc) is 3.76. The molecule has 1 aromatic heterocycles. The van der Waals surface area contributed by atoms with Crippen molar-refractivity contribution < 1.29 is 0 Å². The first-order valence-electron chi connectivity index (χ1n) is 23.4. The van der Waals surface area contributed by atoms with Gasteiger partial charge in [0.05, 0.1) is 16.7 Å². The van der Waals surface area contributed by atoms with Gasteiger partial charge in [0.2, 0.25) is 0 Å². The third-order valence-electron chi connectivity index (χ3n) is 13.7. The van der Waals surface area contributed by atoms with Crippen molar-refractivity contribution >= 4 is 71.2 Å². The molecule has 0 saturated carbocycles. The van der Waals surface area contributed by atoms with E-state index in [4.69, 9.17) is 0 Å². The fourth-order valence-corrected chi connectivity index (χ4v) is 10.7. The number of para-hydroxylation sites is 2. The molecule has 0 N–H and O–H groups in total. The van der Waals surface area contributed by atoms with Crippen LogP contribution < -0.4 is 4.90 Å². The van der Waals surface area contributed by atoms with Crippen LogP contribution in [0.2, 0.25) is 0 Å². The number of anilines is 3. The van der Waals surface area contributed by atoms with Gasteiger partial charge in [-0.1, -0.05) is 206 Å². The van der Waals surface area contributed by atoms with E-state index in [1.54, 1.807) is 0 Å². The summed E-state index contributed by atoms with van der Waals surface area (Å²) in [6.07, 6.45) is 0. The Hall–Kier alpha value is -8.98. The van der Waals surface area contributed by atoms with E-state index >= 15 is 0 Å². The van der Waals surface area contributed by atoms with Crippen LogP contribution in [0.5, 0.6) is 0 Å². The number of hydrogen-bond acceptors (Lipinski definition) is 1. The molecule has 0 bridgehead atoms. The molecule has 12 aromatic carbocycles. The quantitative estimate of drug-likeness (QED) is 0.138. The minimum absolute atomic E-state index is 1.08. The van der Waals surface area contributed by atoms with Gasteiger partial charge in [-0.05, 0) is 137 Å². The number of fused-ring (bicyclic) bond motifs is 7. The van der Waals surface area contributed by atoms with Crippen LogP contribution >= 0.6 is 0 Å². The zero-order valence-electron chi connectivity index (χ0n) is 37.3. The zero-order chi connectivity index (χ0) is 45.0. The molecule has 2 nitrogen and oxygen atoms in total. The first kappa shape index (κ1) is 39.4. The molecule has 2 heteroatoms. The second-order valence-electron chi connectivity index (χ2n) is 17.6. The number of rotatable bonds is 8. The predicted octanol–water partition coefficient (Wildman–Crippen LogP) is 18.4. The smallest absolute Gasteiger partial charge is 0.0562 e. The average molecular weight is 865 g/mol. The summed E-state index contributed by atoms with van der Waals surface area (Å²) in [7, 11) is 0. The maximum atomic E-state index is 2.46. The fourth-order valence-electron chi connectivity index (χ4n) is 10.7. The second-order valence-corrected chi connectivity index (χ2v) is 17.6. The molecule has 0 spiro atoms. The predicted molar refractivity (Wildman–Crippen MR) is 290 cm³/mol. The summed E-state index contributed by atoms with van der Waals surface area (Å²) in [6, 6.07) is 97.5. The van der Waals surface area contributed by atoms with E-state index in [-0.39, 0.29) is 0 Å². The Morgan fingerprint density at radius 2 is 0.809 bits per heavy atom. The Bertz CT molecular complexity index is 4000. The van der Waals surface area contributed by atoms with Gasteiger partial charge in [-0.3, -0.25) is 0 Å². The Labute approximate surface area is 395 Å². The van der Waals surface area contributed by atoms with Crippen molar-refractivity contribution in [3.63, 3.8) is 0 Å². The largest absolute Gasteiger partial charge is 0.310 e. The van der Waals surface area contributed by atoms with Crippen molar-refractivity contribution in [1.29, 1.82) is 0 Å². The van der Waals surface area contributed by atoms with E-state index in [9.17, 15) is 0 Å². The van der Waals surface area contributed by atoms with Crippen LogP contribution in [-0.2, 0) is 0 Å². The molecule has 68 heavy (non-hydrogen) atoms. The van der Waals surface area contributed by atoms with Crippen LogP contribution in [-0.4, -0.2) is 4.57 Å². The lowest BCUT2D eigenvalue weighted by Crippen LogP contribution is -2.10. The molecule has 0 aliphatic carbocycles. The minimum atomic E-state index is 1.08. The standard InChI is InChI=1S/C66H44N2/c1-4-20-47(21-5-1)64-58-31-13-12-30-56(58)57-42-39-50(44-60(57)65(64)48-22-6-2-7-23-48)49-25-16-28-53(43-49)67(52-40-37-46(38-41-52)55-33-17-24-45-19-10-11-29-54(45)55)62-35-18-36-63-66(62)59-32-14-15-34-61(59)68(63)51-26-8-3-9-27-51/h1-44H. The van der Waals surface area contributed by atoms with Gasteiger partial charge in [0, 0.05) is 27.8 Å². The molecular formula is C66H44N2. The third-order valence-corrected chi connectivity index (χ3v) is 13.7. The highest BCUT2D eigenvalue weighted by Gasteiger charge is 2.23. The van der Waals surface area contributed by atoms with E-state index in [0.717, 1.165) is 39.4 Å². The zero-order valence-corrected chi connectivity index (χ0v) is 37.3. The molecule has 13 rings (SSSR count). The van der Waals surface area contributed by atoms with Crippen LogP contribution in [0.25, 0.3) is 104 Å². The number of aromatic nitrogens is 1. The van der Waals surface area contributed by atoms with Crippen molar-refractivity contribution in [2.24, 2.45) is 0 Å². The van der Waals surface area contributed by atoms with Crippen molar-refractivity contribution in [2.45, 2.75) is 0 Å². The first-order valence-corrected chi connectivity index (χ1v) is 23.4. The van der Waals surface area contributed by atoms with Crippen LogP contribution in [0.3, 0.4) is 0 Å². The summed E-state index contributed by atoms with van der Waals surface area (Å²) >= 11 is 0. The highest BCUT2D eigenvalue weighted by molar-refractivity contribution is 6.22. The topological polar surface area (TPSA) is 8.17 Å². The highest BCUT2D eigenvalue weighted by Crippen LogP contribution is 2.48. The summed E-state index contributed by atoms with van der Waals surface area (Å²) < 4.78 is 2.40. The van der Waals surface area contributed by atoms with Gasteiger partial charge in [0.15, 0.2) is 0 Å². The van der Waals surface area contributed by atoms with Gasteiger partial charge < -0.3 is 9.47 Å². The monoisotopic (exact) mass is 864 g/mol. The summed E-state index contributed by atoms with van der Waals surface area (Å²) in [6.45, 7) is 0. The summed E-state index contributed by atoms with van der Waals surface area (Å²) in [5.74, 6) is 0. The van der Waals surface area contributed by atoms with E-state index in [1.807, 2.05) is 0 Å². The van der Waals surface area contributed by atoms with Crippen LogP contribution in [0.1, 0.15) is 0 Å². The van der Waals surface area contributed by atoms with Gasteiger partial charge in [0.1, 0.15) is 0 Å². The SMILES string of the molecule is c1ccc(-c2c(-c3ccccc3)c3cc(-c4cccc(N(c5ccc(-c6cccc7ccccc67)cc5)c5cccc6c5c5ccccc5n6-c5ccccc5)c4)ccc3c3ccccc23)cc1. The van der Waals surface area contributed by atoms with Gasteiger partial charge >= 0.3 is 0 Å². The summed E-state index contributed by atoms with van der Waals surface area (Å²) in [4.78, 5) is 2.46. The number of benzene rings is 12. The van der Waals surface area contributed by atoms with E-state index in [2.05, 4.69) is 276 Å². The van der Waals surface area contributed by atoms with Gasteiger partial charge in [0.25, 0.3) is 0 Å². The van der Waals surface area contributed by atoms with Crippen molar-refractivity contribution in [2.75, 3.05) is 4.90 Å². The second kappa shape index (κ2) is 16.5. The molecule has 0 atom stereocenters.